The number of halogens is 1. The van der Waals surface area contributed by atoms with E-state index in [-0.39, 0.29) is 5.82 Å². The first-order chi connectivity index (χ1) is 15.2. The Morgan fingerprint density at radius 1 is 0.581 bits per heavy atom. The number of hydrogen-bond donors (Lipinski definition) is 0. The van der Waals surface area contributed by atoms with E-state index in [9.17, 15) is 4.39 Å². The zero-order chi connectivity index (χ0) is 21.9. The van der Waals surface area contributed by atoms with E-state index in [0.29, 0.717) is 5.56 Å². The van der Waals surface area contributed by atoms with Crippen molar-refractivity contribution in [3.05, 3.63) is 106 Å². The average Bonchev–Trinajstić information content (AvgIpc) is 2.79. The van der Waals surface area contributed by atoms with Crippen molar-refractivity contribution in [2.75, 3.05) is 0 Å². The van der Waals surface area contributed by atoms with Crippen molar-refractivity contribution in [2.45, 2.75) is 65.2 Å². The van der Waals surface area contributed by atoms with E-state index in [1.54, 1.807) is 12.1 Å². The Hall–Kier alpha value is -2.85. The summed E-state index contributed by atoms with van der Waals surface area (Å²) in [7, 11) is 0. The van der Waals surface area contributed by atoms with Crippen molar-refractivity contribution in [1.82, 2.24) is 0 Å². The standard InChI is InChI=1S/C30H33F/c1-3-5-6-8-25-11-15-26(16-12-25)17-18-28-20-22-29(30(31)23-28)21-19-27-13-9-24(7-4-2)10-14-27/h9-16,20,22-23H,3-8,17-18H2,1-2H3. The molecule has 0 aromatic heterocycles. The van der Waals surface area contributed by atoms with Crippen LogP contribution in [-0.4, -0.2) is 0 Å². The summed E-state index contributed by atoms with van der Waals surface area (Å²) in [6.07, 6.45) is 8.92. The molecule has 0 saturated heterocycles. The van der Waals surface area contributed by atoms with Gasteiger partial charge in [-0.2, -0.15) is 0 Å². The van der Waals surface area contributed by atoms with Crippen molar-refractivity contribution in [2.24, 2.45) is 0 Å². The van der Waals surface area contributed by atoms with Gasteiger partial charge in [-0.3, -0.25) is 0 Å². The number of aryl methyl sites for hydroxylation is 4. The molecule has 0 aliphatic heterocycles. The SMILES string of the molecule is CCCCCc1ccc(CCc2ccc(C#Cc3ccc(CCC)cc3)c(F)c2)cc1. The van der Waals surface area contributed by atoms with Gasteiger partial charge in [-0.1, -0.05) is 87.4 Å². The third-order valence-corrected chi connectivity index (χ3v) is 5.66. The van der Waals surface area contributed by atoms with Gasteiger partial charge in [0.25, 0.3) is 0 Å². The summed E-state index contributed by atoms with van der Waals surface area (Å²) in [6, 6.07) is 22.6. The highest BCUT2D eigenvalue weighted by molar-refractivity contribution is 5.45. The van der Waals surface area contributed by atoms with Crippen molar-refractivity contribution >= 4 is 0 Å². The number of hydrogen-bond acceptors (Lipinski definition) is 0. The van der Waals surface area contributed by atoms with Crippen LogP contribution in [-0.2, 0) is 25.7 Å². The normalized spacial score (nSPS) is 10.5. The van der Waals surface area contributed by atoms with Crippen LogP contribution >= 0.6 is 0 Å². The Kier molecular flexibility index (Phi) is 8.92. The first-order valence-electron chi connectivity index (χ1n) is 11.6. The molecule has 3 aromatic rings. The summed E-state index contributed by atoms with van der Waals surface area (Å²) in [4.78, 5) is 0. The lowest BCUT2D eigenvalue weighted by atomic mass is 10.0. The topological polar surface area (TPSA) is 0 Å². The summed E-state index contributed by atoms with van der Waals surface area (Å²) >= 11 is 0. The molecule has 0 aliphatic carbocycles. The minimum absolute atomic E-state index is 0.237. The van der Waals surface area contributed by atoms with Gasteiger partial charge in [0, 0.05) is 5.56 Å². The van der Waals surface area contributed by atoms with E-state index >= 15 is 0 Å². The van der Waals surface area contributed by atoms with Gasteiger partial charge < -0.3 is 0 Å². The summed E-state index contributed by atoms with van der Waals surface area (Å²) in [6.45, 7) is 4.41. The van der Waals surface area contributed by atoms with E-state index in [1.807, 2.05) is 18.2 Å². The van der Waals surface area contributed by atoms with Crippen LogP contribution in [0.5, 0.6) is 0 Å². The zero-order valence-electron chi connectivity index (χ0n) is 18.9. The molecule has 31 heavy (non-hydrogen) atoms. The highest BCUT2D eigenvalue weighted by Crippen LogP contribution is 2.15. The van der Waals surface area contributed by atoms with E-state index < -0.39 is 0 Å². The van der Waals surface area contributed by atoms with Crippen LogP contribution in [0.15, 0.2) is 66.7 Å². The van der Waals surface area contributed by atoms with Gasteiger partial charge >= 0.3 is 0 Å². The second-order valence-corrected chi connectivity index (χ2v) is 8.28. The van der Waals surface area contributed by atoms with Crippen LogP contribution in [0.4, 0.5) is 4.39 Å². The van der Waals surface area contributed by atoms with Crippen LogP contribution in [0.3, 0.4) is 0 Å². The molecule has 0 aliphatic rings. The lowest BCUT2D eigenvalue weighted by Crippen LogP contribution is -1.94. The van der Waals surface area contributed by atoms with Gasteiger partial charge in [-0.25, -0.2) is 4.39 Å². The molecule has 0 N–H and O–H groups in total. The first-order valence-corrected chi connectivity index (χ1v) is 11.6. The minimum atomic E-state index is -0.237. The molecule has 160 valence electrons. The van der Waals surface area contributed by atoms with E-state index in [2.05, 4.69) is 62.1 Å². The molecular weight excluding hydrogens is 379 g/mol. The fourth-order valence-corrected chi connectivity index (χ4v) is 3.74. The van der Waals surface area contributed by atoms with Crippen LogP contribution in [0, 0.1) is 17.7 Å². The highest BCUT2D eigenvalue weighted by Gasteiger charge is 2.03. The molecule has 0 nitrogen and oxygen atoms in total. The molecule has 0 unspecified atom stereocenters. The van der Waals surface area contributed by atoms with Crippen LogP contribution in [0.25, 0.3) is 0 Å². The summed E-state index contributed by atoms with van der Waals surface area (Å²) in [5.74, 6) is 5.83. The molecule has 0 saturated carbocycles. The smallest absolute Gasteiger partial charge is 0.139 e. The quantitative estimate of drug-likeness (QED) is 0.249. The lowest BCUT2D eigenvalue weighted by molar-refractivity contribution is 0.621. The molecule has 0 spiro atoms. The molecule has 0 fully saturated rings. The van der Waals surface area contributed by atoms with Gasteiger partial charge in [0.2, 0.25) is 0 Å². The highest BCUT2D eigenvalue weighted by atomic mass is 19.1. The molecule has 0 atom stereocenters. The van der Waals surface area contributed by atoms with Gasteiger partial charge in [-0.05, 0) is 78.6 Å². The van der Waals surface area contributed by atoms with E-state index in [0.717, 1.165) is 43.2 Å². The molecule has 3 rings (SSSR count). The summed E-state index contributed by atoms with van der Waals surface area (Å²) < 4.78 is 14.5. The minimum Gasteiger partial charge on any atom is -0.206 e. The number of rotatable bonds is 9. The Morgan fingerprint density at radius 3 is 1.81 bits per heavy atom. The van der Waals surface area contributed by atoms with E-state index in [1.165, 1.54) is 36.0 Å². The number of benzene rings is 3. The van der Waals surface area contributed by atoms with Crippen molar-refractivity contribution in [1.29, 1.82) is 0 Å². The van der Waals surface area contributed by atoms with Gasteiger partial charge in [-0.15, -0.1) is 0 Å². The maximum absolute atomic E-state index is 14.5. The molecule has 3 aromatic carbocycles. The first kappa shape index (κ1) is 22.8. The fourth-order valence-electron chi connectivity index (χ4n) is 3.74. The Bertz CT molecular complexity index is 1000. The molecule has 0 bridgehead atoms. The van der Waals surface area contributed by atoms with Gasteiger partial charge in [0.1, 0.15) is 5.82 Å². The van der Waals surface area contributed by atoms with Crippen molar-refractivity contribution < 1.29 is 4.39 Å². The second-order valence-electron chi connectivity index (χ2n) is 8.28. The number of unbranched alkanes of at least 4 members (excludes halogenated alkanes) is 2. The zero-order valence-corrected chi connectivity index (χ0v) is 18.9. The van der Waals surface area contributed by atoms with Gasteiger partial charge in [0.15, 0.2) is 0 Å². The maximum atomic E-state index is 14.5. The van der Waals surface area contributed by atoms with Gasteiger partial charge in [0.05, 0.1) is 5.56 Å². The second kappa shape index (κ2) is 12.1. The van der Waals surface area contributed by atoms with E-state index in [4.69, 9.17) is 0 Å². The third-order valence-electron chi connectivity index (χ3n) is 5.66. The summed E-state index contributed by atoms with van der Waals surface area (Å²) in [5.41, 5.74) is 6.41. The maximum Gasteiger partial charge on any atom is 0.139 e. The predicted molar refractivity (Wildman–Crippen MR) is 130 cm³/mol. The van der Waals surface area contributed by atoms with Crippen molar-refractivity contribution in [3.8, 4) is 11.8 Å². The predicted octanol–water partition coefficient (Wildman–Crippen LogP) is 7.70. The Labute approximate surface area is 187 Å². The molecule has 1 heteroatoms. The molecule has 0 amide bonds. The fraction of sp³-hybridized carbons (Fsp3) is 0.333. The molecule has 0 radical (unpaired) electrons. The average molecular weight is 413 g/mol. The Morgan fingerprint density at radius 2 is 1.16 bits per heavy atom. The lowest BCUT2D eigenvalue weighted by Gasteiger charge is -2.06. The van der Waals surface area contributed by atoms with Crippen LogP contribution < -0.4 is 0 Å². The molecular formula is C30H33F. The Balaban J connectivity index is 1.56. The van der Waals surface area contributed by atoms with Crippen LogP contribution in [0.1, 0.15) is 72.9 Å². The molecule has 0 heterocycles. The largest absolute Gasteiger partial charge is 0.206 e. The van der Waals surface area contributed by atoms with Crippen LogP contribution in [0.2, 0.25) is 0 Å². The van der Waals surface area contributed by atoms with Crippen molar-refractivity contribution in [3.63, 3.8) is 0 Å². The third kappa shape index (κ3) is 7.41. The summed E-state index contributed by atoms with van der Waals surface area (Å²) in [5, 5.41) is 0. The monoisotopic (exact) mass is 412 g/mol.